The minimum Gasteiger partial charge on any atom is -0.394 e. The van der Waals surface area contributed by atoms with Crippen LogP contribution in [-0.2, 0) is 18.5 Å². The molecule has 0 bridgehead atoms. The molecule has 0 radical (unpaired) electrons. The molecule has 0 atom stereocenters. The lowest BCUT2D eigenvalue weighted by Crippen LogP contribution is -2.32. The number of aliphatic hydroxyl groups excluding tert-OH is 1. The molecule has 0 saturated heterocycles. The van der Waals surface area contributed by atoms with Gasteiger partial charge in [0, 0.05) is 30.3 Å². The van der Waals surface area contributed by atoms with E-state index in [4.69, 9.17) is 5.11 Å². The molecule has 0 aliphatic carbocycles. The van der Waals surface area contributed by atoms with Crippen LogP contribution in [0.3, 0.4) is 0 Å². The van der Waals surface area contributed by atoms with Gasteiger partial charge in [0.2, 0.25) is 0 Å². The molecule has 4 heteroatoms. The second kappa shape index (κ2) is 6.68. The molecule has 0 amide bonds. The molecule has 4 nitrogen and oxygen atoms in total. The Balaban J connectivity index is 1.85. The average Bonchev–Trinajstić information content (AvgIpc) is 2.88. The van der Waals surface area contributed by atoms with Gasteiger partial charge in [-0.3, -0.25) is 4.68 Å². The van der Waals surface area contributed by atoms with Crippen LogP contribution in [-0.4, -0.2) is 28.0 Å². The first-order valence-corrected chi connectivity index (χ1v) is 7.00. The SMILES string of the molecule is CC(C)(CNCc1cnn(CCO)c1)c1ccccc1. The van der Waals surface area contributed by atoms with Crippen LogP contribution in [0.2, 0.25) is 0 Å². The van der Waals surface area contributed by atoms with Gasteiger partial charge in [-0.2, -0.15) is 5.10 Å². The normalized spacial score (nSPS) is 11.8. The first-order chi connectivity index (χ1) is 9.62. The third-order valence-corrected chi connectivity index (χ3v) is 3.47. The fraction of sp³-hybridized carbons (Fsp3) is 0.438. The summed E-state index contributed by atoms with van der Waals surface area (Å²) in [6.07, 6.45) is 3.82. The zero-order chi connectivity index (χ0) is 14.4. The summed E-state index contributed by atoms with van der Waals surface area (Å²) in [5, 5.41) is 16.5. The zero-order valence-corrected chi connectivity index (χ0v) is 12.2. The molecule has 1 heterocycles. The highest BCUT2D eigenvalue weighted by Gasteiger charge is 2.19. The predicted octanol–water partition coefficient (Wildman–Crippen LogP) is 1.94. The second-order valence-electron chi connectivity index (χ2n) is 5.69. The van der Waals surface area contributed by atoms with Gasteiger partial charge in [0.15, 0.2) is 0 Å². The Kier molecular flexibility index (Phi) is 4.93. The maximum absolute atomic E-state index is 8.86. The Morgan fingerprint density at radius 1 is 1.25 bits per heavy atom. The van der Waals surface area contributed by atoms with Crippen LogP contribution < -0.4 is 5.32 Å². The van der Waals surface area contributed by atoms with E-state index in [0.717, 1.165) is 18.7 Å². The van der Waals surface area contributed by atoms with Gasteiger partial charge in [0.05, 0.1) is 19.3 Å². The van der Waals surface area contributed by atoms with Crippen LogP contribution in [0.5, 0.6) is 0 Å². The first-order valence-electron chi connectivity index (χ1n) is 7.00. The summed E-state index contributed by atoms with van der Waals surface area (Å²) < 4.78 is 1.76. The number of hydrogen-bond acceptors (Lipinski definition) is 3. The Bertz CT molecular complexity index is 520. The van der Waals surface area contributed by atoms with E-state index in [2.05, 4.69) is 48.5 Å². The minimum absolute atomic E-state index is 0.0996. The maximum atomic E-state index is 8.86. The van der Waals surface area contributed by atoms with Crippen molar-refractivity contribution in [2.75, 3.05) is 13.2 Å². The van der Waals surface area contributed by atoms with Crippen molar-refractivity contribution in [2.45, 2.75) is 32.4 Å². The standard InChI is InChI=1S/C16H23N3O/c1-16(2,15-6-4-3-5-7-15)13-17-10-14-11-18-19(12-14)8-9-20/h3-7,11-12,17,20H,8-10,13H2,1-2H3. The minimum atomic E-state index is 0.0996. The number of benzene rings is 1. The van der Waals surface area contributed by atoms with Gasteiger partial charge in [-0.1, -0.05) is 44.2 Å². The molecule has 1 aromatic carbocycles. The quantitative estimate of drug-likeness (QED) is 0.810. The molecule has 20 heavy (non-hydrogen) atoms. The number of aliphatic hydroxyl groups is 1. The van der Waals surface area contributed by atoms with Crippen molar-refractivity contribution in [1.82, 2.24) is 15.1 Å². The molecule has 0 aliphatic heterocycles. The fourth-order valence-electron chi connectivity index (χ4n) is 2.23. The van der Waals surface area contributed by atoms with Gasteiger partial charge in [0.25, 0.3) is 0 Å². The van der Waals surface area contributed by atoms with E-state index >= 15 is 0 Å². The molecule has 0 spiro atoms. The van der Waals surface area contributed by atoms with Crippen molar-refractivity contribution in [2.24, 2.45) is 0 Å². The molecule has 0 unspecified atom stereocenters. The van der Waals surface area contributed by atoms with E-state index in [1.807, 2.05) is 18.5 Å². The zero-order valence-electron chi connectivity index (χ0n) is 12.2. The van der Waals surface area contributed by atoms with Crippen LogP contribution >= 0.6 is 0 Å². The lowest BCUT2D eigenvalue weighted by molar-refractivity contribution is 0.269. The van der Waals surface area contributed by atoms with E-state index < -0.39 is 0 Å². The maximum Gasteiger partial charge on any atom is 0.0640 e. The number of hydrogen-bond donors (Lipinski definition) is 2. The second-order valence-corrected chi connectivity index (χ2v) is 5.69. The first kappa shape index (κ1) is 14.8. The van der Waals surface area contributed by atoms with Gasteiger partial charge in [0.1, 0.15) is 0 Å². The summed E-state index contributed by atoms with van der Waals surface area (Å²) >= 11 is 0. The average molecular weight is 273 g/mol. The van der Waals surface area contributed by atoms with E-state index in [1.165, 1.54) is 5.56 Å². The highest BCUT2D eigenvalue weighted by Crippen LogP contribution is 2.21. The molecule has 2 rings (SSSR count). The van der Waals surface area contributed by atoms with Gasteiger partial charge in [-0.15, -0.1) is 0 Å². The smallest absolute Gasteiger partial charge is 0.0640 e. The Labute approximate surface area is 120 Å². The summed E-state index contributed by atoms with van der Waals surface area (Å²) in [5.74, 6) is 0. The van der Waals surface area contributed by atoms with Crippen LogP contribution in [0.4, 0.5) is 0 Å². The molecule has 2 N–H and O–H groups in total. The van der Waals surface area contributed by atoms with E-state index in [0.29, 0.717) is 6.54 Å². The largest absolute Gasteiger partial charge is 0.394 e. The number of nitrogens with zero attached hydrogens (tertiary/aromatic N) is 2. The molecule has 0 fully saturated rings. The summed E-state index contributed by atoms with van der Waals surface area (Å²) in [6.45, 7) is 6.85. The topological polar surface area (TPSA) is 50.1 Å². The van der Waals surface area contributed by atoms with Crippen molar-refractivity contribution in [1.29, 1.82) is 0 Å². The highest BCUT2D eigenvalue weighted by molar-refractivity contribution is 5.23. The van der Waals surface area contributed by atoms with Crippen molar-refractivity contribution < 1.29 is 5.11 Å². The van der Waals surface area contributed by atoms with Crippen LogP contribution in [0.1, 0.15) is 25.0 Å². The summed E-state index contributed by atoms with van der Waals surface area (Å²) in [7, 11) is 0. The third kappa shape index (κ3) is 3.92. The summed E-state index contributed by atoms with van der Waals surface area (Å²) in [5.41, 5.74) is 2.58. The number of rotatable bonds is 7. The lowest BCUT2D eigenvalue weighted by atomic mass is 9.84. The van der Waals surface area contributed by atoms with Crippen LogP contribution in [0.25, 0.3) is 0 Å². The lowest BCUT2D eigenvalue weighted by Gasteiger charge is -2.25. The van der Waals surface area contributed by atoms with Crippen molar-refractivity contribution >= 4 is 0 Å². The number of nitrogens with one attached hydrogen (secondary N) is 1. The predicted molar refractivity (Wildman–Crippen MR) is 80.5 cm³/mol. The van der Waals surface area contributed by atoms with Crippen molar-refractivity contribution in [3.63, 3.8) is 0 Å². The Morgan fingerprint density at radius 3 is 2.70 bits per heavy atom. The highest BCUT2D eigenvalue weighted by atomic mass is 16.3. The van der Waals surface area contributed by atoms with Gasteiger partial charge >= 0.3 is 0 Å². The number of aromatic nitrogens is 2. The molecule has 0 saturated carbocycles. The summed E-state index contributed by atoms with van der Waals surface area (Å²) in [4.78, 5) is 0. The van der Waals surface area contributed by atoms with Gasteiger partial charge in [-0.25, -0.2) is 0 Å². The third-order valence-electron chi connectivity index (χ3n) is 3.47. The fourth-order valence-corrected chi connectivity index (χ4v) is 2.23. The van der Waals surface area contributed by atoms with E-state index in [-0.39, 0.29) is 12.0 Å². The monoisotopic (exact) mass is 273 g/mol. The Morgan fingerprint density at radius 2 is 2.00 bits per heavy atom. The molecule has 2 aromatic rings. The van der Waals surface area contributed by atoms with E-state index in [9.17, 15) is 0 Å². The molecular formula is C16H23N3O. The van der Waals surface area contributed by atoms with Crippen LogP contribution in [0, 0.1) is 0 Å². The molecule has 108 valence electrons. The van der Waals surface area contributed by atoms with Gasteiger partial charge in [-0.05, 0) is 5.56 Å². The molecular weight excluding hydrogens is 250 g/mol. The van der Waals surface area contributed by atoms with Crippen molar-refractivity contribution in [3.05, 3.63) is 53.9 Å². The van der Waals surface area contributed by atoms with Crippen LogP contribution in [0.15, 0.2) is 42.7 Å². The van der Waals surface area contributed by atoms with Crippen molar-refractivity contribution in [3.8, 4) is 0 Å². The van der Waals surface area contributed by atoms with Gasteiger partial charge < -0.3 is 10.4 Å². The summed E-state index contributed by atoms with van der Waals surface area (Å²) in [6, 6.07) is 10.5. The van der Waals surface area contributed by atoms with E-state index in [1.54, 1.807) is 4.68 Å². The Hall–Kier alpha value is -1.65. The molecule has 0 aliphatic rings. The molecule has 1 aromatic heterocycles.